The molecule has 6 nitrogen and oxygen atoms in total. The molecule has 0 heterocycles. The zero-order valence-electron chi connectivity index (χ0n) is 24.5. The number of nitrogens with one attached hydrogen (secondary N) is 1. The number of rotatable bonds is 10. The Balaban J connectivity index is 0.00000170. The van der Waals surface area contributed by atoms with Crippen molar-refractivity contribution in [1.82, 2.24) is 0 Å². The quantitative estimate of drug-likeness (QED) is 0.218. The van der Waals surface area contributed by atoms with E-state index in [0.29, 0.717) is 22.7 Å². The van der Waals surface area contributed by atoms with Gasteiger partial charge in [-0.3, -0.25) is 4.79 Å². The van der Waals surface area contributed by atoms with Crippen molar-refractivity contribution < 1.29 is 24.9 Å². The lowest BCUT2D eigenvalue weighted by atomic mass is 9.76. The number of amides is 1. The highest BCUT2D eigenvalue weighted by molar-refractivity contribution is 6.07. The van der Waals surface area contributed by atoms with E-state index in [1.165, 1.54) is 11.6 Å². The fourth-order valence-corrected chi connectivity index (χ4v) is 4.11. The Kier molecular flexibility index (Phi) is 11.6. The van der Waals surface area contributed by atoms with Crippen molar-refractivity contribution in [3.8, 4) is 17.2 Å². The van der Waals surface area contributed by atoms with Crippen molar-refractivity contribution in [3.05, 3.63) is 82.9 Å². The summed E-state index contributed by atoms with van der Waals surface area (Å²) in [6.07, 6.45) is 2.04. The smallest absolute Gasteiger partial charge is 0.259 e. The number of aliphatic hydroxyl groups is 2. The molecule has 0 aliphatic carbocycles. The fourth-order valence-electron chi connectivity index (χ4n) is 4.11. The van der Waals surface area contributed by atoms with Crippen LogP contribution in [0.5, 0.6) is 17.2 Å². The molecule has 39 heavy (non-hydrogen) atoms. The number of phenolic OH excluding ortho intramolecular Hbond substituents is 1. The molecule has 0 bridgehead atoms. The van der Waals surface area contributed by atoms with Gasteiger partial charge in [-0.15, -0.1) is 0 Å². The average molecular weight is 536 g/mol. The first kappa shape index (κ1) is 31.9. The molecule has 3 aromatic rings. The number of hydrogen-bond acceptors (Lipinski definition) is 5. The van der Waals surface area contributed by atoms with E-state index in [0.717, 1.165) is 18.4 Å². The standard InChI is InChI=1S/C31H39NO4.C2H6O/c1-7-30(3,4)21-14-16-26(24(20-21)31(5,6)8-2)36-27-17-15-25(34)23(18-19-33)28(27)29(35)32-22-12-10-9-11-13-22;1-2-3/h9-17,20,33-34H,7-8,18-19H2,1-6H3,(H,32,35);3H,2H2,1H3. The summed E-state index contributed by atoms with van der Waals surface area (Å²) in [5.74, 6) is 0.548. The van der Waals surface area contributed by atoms with Gasteiger partial charge in [-0.1, -0.05) is 71.9 Å². The number of aliphatic hydroxyl groups excluding tert-OH is 2. The van der Waals surface area contributed by atoms with Gasteiger partial charge in [0.05, 0.1) is 5.56 Å². The third-order valence-corrected chi connectivity index (χ3v) is 7.35. The van der Waals surface area contributed by atoms with Crippen molar-refractivity contribution in [3.63, 3.8) is 0 Å². The second-order valence-corrected chi connectivity index (χ2v) is 10.8. The third kappa shape index (κ3) is 8.07. The maximum atomic E-state index is 13.5. The largest absolute Gasteiger partial charge is 0.508 e. The van der Waals surface area contributed by atoms with Crippen LogP contribution in [0.15, 0.2) is 60.7 Å². The minimum absolute atomic E-state index is 0.0185. The van der Waals surface area contributed by atoms with Crippen molar-refractivity contribution in [1.29, 1.82) is 0 Å². The minimum Gasteiger partial charge on any atom is -0.508 e. The lowest BCUT2D eigenvalue weighted by Gasteiger charge is -2.30. The van der Waals surface area contributed by atoms with Gasteiger partial charge in [-0.2, -0.15) is 0 Å². The molecule has 0 aliphatic heterocycles. The molecule has 1 amide bonds. The molecule has 3 rings (SSSR count). The Bertz CT molecular complexity index is 1220. The molecule has 0 unspecified atom stereocenters. The number of hydrogen-bond donors (Lipinski definition) is 4. The van der Waals surface area contributed by atoms with E-state index in [4.69, 9.17) is 9.84 Å². The summed E-state index contributed by atoms with van der Waals surface area (Å²) in [5.41, 5.74) is 3.36. The molecule has 0 radical (unpaired) electrons. The number of carbonyl (C=O) groups is 1. The van der Waals surface area contributed by atoms with Crippen LogP contribution in [-0.4, -0.2) is 34.4 Å². The summed E-state index contributed by atoms with van der Waals surface area (Å²) in [7, 11) is 0. The van der Waals surface area contributed by atoms with Crippen LogP contribution in [0, 0.1) is 0 Å². The van der Waals surface area contributed by atoms with E-state index in [1.54, 1.807) is 25.1 Å². The first-order chi connectivity index (χ1) is 18.4. The Labute approximate surface area is 233 Å². The minimum atomic E-state index is -0.407. The van der Waals surface area contributed by atoms with Gasteiger partial charge in [0, 0.05) is 36.4 Å². The van der Waals surface area contributed by atoms with Crippen molar-refractivity contribution >= 4 is 11.6 Å². The van der Waals surface area contributed by atoms with E-state index >= 15 is 0 Å². The van der Waals surface area contributed by atoms with E-state index in [-0.39, 0.29) is 41.8 Å². The van der Waals surface area contributed by atoms with E-state index in [2.05, 4.69) is 59.0 Å². The predicted molar refractivity (Wildman–Crippen MR) is 159 cm³/mol. The Morgan fingerprint density at radius 2 is 1.44 bits per heavy atom. The lowest BCUT2D eigenvalue weighted by molar-refractivity contribution is 0.102. The second kappa shape index (κ2) is 14.2. The normalized spacial score (nSPS) is 11.4. The van der Waals surface area contributed by atoms with Gasteiger partial charge in [0.25, 0.3) is 5.91 Å². The summed E-state index contributed by atoms with van der Waals surface area (Å²) in [6.45, 7) is 14.9. The van der Waals surface area contributed by atoms with Gasteiger partial charge in [0.15, 0.2) is 0 Å². The number of anilines is 1. The molecule has 0 aliphatic rings. The van der Waals surface area contributed by atoms with Crippen LogP contribution < -0.4 is 10.1 Å². The Morgan fingerprint density at radius 3 is 2.00 bits per heavy atom. The molecule has 3 aromatic carbocycles. The summed E-state index contributed by atoms with van der Waals surface area (Å²) >= 11 is 0. The zero-order valence-corrected chi connectivity index (χ0v) is 24.5. The maximum absolute atomic E-state index is 13.5. The van der Waals surface area contributed by atoms with Crippen LogP contribution in [0.2, 0.25) is 0 Å². The van der Waals surface area contributed by atoms with Crippen molar-refractivity contribution in [2.45, 2.75) is 78.6 Å². The van der Waals surface area contributed by atoms with Crippen LogP contribution in [-0.2, 0) is 17.3 Å². The molecular weight excluding hydrogens is 490 g/mol. The number of carbonyl (C=O) groups excluding carboxylic acids is 1. The highest BCUT2D eigenvalue weighted by atomic mass is 16.5. The van der Waals surface area contributed by atoms with Crippen molar-refractivity contribution in [2.75, 3.05) is 18.5 Å². The molecule has 4 N–H and O–H groups in total. The molecule has 0 atom stereocenters. The van der Waals surface area contributed by atoms with Crippen LogP contribution in [0.1, 0.15) is 88.4 Å². The summed E-state index contributed by atoms with van der Waals surface area (Å²) in [6, 6.07) is 18.6. The van der Waals surface area contributed by atoms with Gasteiger partial charge in [0.1, 0.15) is 17.2 Å². The first-order valence-corrected chi connectivity index (χ1v) is 13.7. The average Bonchev–Trinajstić information content (AvgIpc) is 2.91. The van der Waals surface area contributed by atoms with E-state index in [9.17, 15) is 15.0 Å². The SMILES string of the molecule is CCC(C)(C)c1ccc(Oc2ccc(O)c(CCO)c2C(=O)Nc2ccccc2)c(C(C)(C)CC)c1.CCO. The highest BCUT2D eigenvalue weighted by Gasteiger charge is 2.28. The summed E-state index contributed by atoms with van der Waals surface area (Å²) in [4.78, 5) is 13.5. The zero-order chi connectivity index (χ0) is 29.2. The Hall–Kier alpha value is -3.35. The van der Waals surface area contributed by atoms with Gasteiger partial charge in [-0.25, -0.2) is 0 Å². The molecule has 6 heteroatoms. The summed E-state index contributed by atoms with van der Waals surface area (Å²) < 4.78 is 6.48. The third-order valence-electron chi connectivity index (χ3n) is 7.35. The van der Waals surface area contributed by atoms with Crippen molar-refractivity contribution in [2.24, 2.45) is 0 Å². The number of para-hydroxylation sites is 1. The Morgan fingerprint density at radius 1 is 0.846 bits per heavy atom. The maximum Gasteiger partial charge on any atom is 0.259 e. The van der Waals surface area contributed by atoms with Gasteiger partial charge in [0.2, 0.25) is 0 Å². The van der Waals surface area contributed by atoms with E-state index in [1.807, 2.05) is 24.3 Å². The van der Waals surface area contributed by atoms with Crippen LogP contribution in [0.3, 0.4) is 0 Å². The molecule has 0 aromatic heterocycles. The molecule has 0 saturated carbocycles. The number of phenols is 1. The second-order valence-electron chi connectivity index (χ2n) is 10.8. The topological polar surface area (TPSA) is 99.0 Å². The first-order valence-electron chi connectivity index (χ1n) is 13.7. The molecule has 0 fully saturated rings. The van der Waals surface area contributed by atoms with Gasteiger partial charge < -0.3 is 25.4 Å². The molecule has 0 spiro atoms. The van der Waals surface area contributed by atoms with Crippen LogP contribution in [0.4, 0.5) is 5.69 Å². The molecule has 0 saturated heterocycles. The highest BCUT2D eigenvalue weighted by Crippen LogP contribution is 2.42. The van der Waals surface area contributed by atoms with Gasteiger partial charge >= 0.3 is 0 Å². The fraction of sp³-hybridized carbons (Fsp3) is 0.424. The van der Waals surface area contributed by atoms with E-state index < -0.39 is 5.91 Å². The van der Waals surface area contributed by atoms with Crippen LogP contribution >= 0.6 is 0 Å². The predicted octanol–water partition coefficient (Wildman–Crippen LogP) is 7.35. The molecule has 212 valence electrons. The number of aromatic hydroxyl groups is 1. The number of benzene rings is 3. The van der Waals surface area contributed by atoms with Gasteiger partial charge in [-0.05, 0) is 66.5 Å². The monoisotopic (exact) mass is 535 g/mol. The molecular formula is C33H45NO5. The number of ether oxygens (including phenoxy) is 1. The lowest BCUT2D eigenvalue weighted by Crippen LogP contribution is -2.21. The summed E-state index contributed by atoms with van der Waals surface area (Å²) in [5, 5.41) is 30.7. The van der Waals surface area contributed by atoms with Crippen LogP contribution in [0.25, 0.3) is 0 Å².